The van der Waals surface area contributed by atoms with Crippen molar-refractivity contribution >= 4 is 44.9 Å². The fourth-order valence-electron chi connectivity index (χ4n) is 2.37. The van der Waals surface area contributed by atoms with Crippen molar-refractivity contribution in [3.63, 3.8) is 0 Å². The normalized spacial score (nSPS) is 17.9. The minimum Gasteiger partial charge on any atom is -0.371 e. The molecule has 0 bridgehead atoms. The largest absolute Gasteiger partial charge is 0.371 e. The molecule has 0 aromatic heterocycles. The summed E-state index contributed by atoms with van der Waals surface area (Å²) in [5.41, 5.74) is 1.30. The average molecular weight is 377 g/mol. The number of carbonyl (C=O) groups excluding carboxylic acids is 1. The summed E-state index contributed by atoms with van der Waals surface area (Å²) in [6.07, 6.45) is -0.846. The Bertz CT molecular complexity index is 706. The van der Waals surface area contributed by atoms with Crippen LogP contribution in [-0.4, -0.2) is 33.8 Å². The quantitative estimate of drug-likeness (QED) is 0.818. The predicted molar refractivity (Wildman–Crippen MR) is 92.7 cm³/mol. The van der Waals surface area contributed by atoms with Crippen molar-refractivity contribution in [3.8, 4) is 0 Å². The van der Waals surface area contributed by atoms with Gasteiger partial charge in [-0.1, -0.05) is 34.1 Å². The van der Waals surface area contributed by atoms with Gasteiger partial charge in [-0.3, -0.25) is 14.6 Å². The molecule has 0 unspecified atom stereocenters. The number of halogens is 1. The number of amides is 1. The Morgan fingerprint density at radius 3 is 2.41 bits per heavy atom. The number of aliphatic hydroxyl groups is 1. The van der Waals surface area contributed by atoms with Gasteiger partial charge in [0.2, 0.25) is 0 Å². The van der Waals surface area contributed by atoms with Crippen LogP contribution in [0.1, 0.15) is 10.4 Å². The highest BCUT2D eigenvalue weighted by molar-refractivity contribution is 9.10. The first-order chi connectivity index (χ1) is 10.6. The van der Waals surface area contributed by atoms with Crippen LogP contribution in [0.2, 0.25) is 0 Å². The lowest BCUT2D eigenvalue weighted by molar-refractivity contribution is 0.0821. The first-order valence-corrected chi connectivity index (χ1v) is 7.92. The summed E-state index contributed by atoms with van der Waals surface area (Å²) < 4.78 is 0.938. The van der Waals surface area contributed by atoms with Crippen LogP contribution in [0, 0.1) is 0 Å². The van der Waals surface area contributed by atoms with Gasteiger partial charge in [0.15, 0.2) is 11.3 Å². The Morgan fingerprint density at radius 1 is 1.14 bits per heavy atom. The van der Waals surface area contributed by atoms with Crippen LogP contribution in [0.3, 0.4) is 0 Å². The third-order valence-corrected chi connectivity index (χ3v) is 4.40. The molecular formula is C16H13BrN2O2S. The van der Waals surface area contributed by atoms with Gasteiger partial charge in [-0.2, -0.15) is 0 Å². The topological polar surface area (TPSA) is 43.8 Å². The molecule has 1 fully saturated rings. The Hall–Kier alpha value is -1.76. The van der Waals surface area contributed by atoms with Crippen molar-refractivity contribution in [1.29, 1.82) is 0 Å². The molecule has 112 valence electrons. The molecular weight excluding hydrogens is 364 g/mol. The molecule has 1 saturated heterocycles. The number of thiocarbonyl (C=S) groups is 1. The number of nitrogens with zero attached hydrogens (tertiary/aromatic N) is 2. The second kappa shape index (κ2) is 6.16. The number of benzene rings is 2. The zero-order valence-corrected chi connectivity index (χ0v) is 13.9. The van der Waals surface area contributed by atoms with Gasteiger partial charge in [0.05, 0.1) is 6.54 Å². The molecule has 0 saturated carbocycles. The van der Waals surface area contributed by atoms with Crippen molar-refractivity contribution < 1.29 is 9.90 Å². The van der Waals surface area contributed by atoms with Crippen molar-refractivity contribution in [3.05, 3.63) is 64.6 Å². The first kappa shape index (κ1) is 15.1. The number of carbonyl (C=O) groups is 1. The van der Waals surface area contributed by atoms with E-state index < -0.39 is 6.23 Å². The number of hydrogen-bond acceptors (Lipinski definition) is 3. The number of β-amino-alcohol motifs (C(OH)–C–C–N with tert-alkyl or cyclic N) is 1. The number of aliphatic hydroxyl groups excluding tert-OH is 1. The van der Waals surface area contributed by atoms with Crippen LogP contribution in [0.15, 0.2) is 59.1 Å². The van der Waals surface area contributed by atoms with E-state index in [1.54, 1.807) is 29.2 Å². The smallest absolute Gasteiger partial charge is 0.260 e. The van der Waals surface area contributed by atoms with Gasteiger partial charge in [-0.15, -0.1) is 0 Å². The Morgan fingerprint density at radius 2 is 1.77 bits per heavy atom. The standard InChI is InChI=1S/C16H13BrN2O2S/c17-12-6-8-13(9-7-12)19-14(20)10-18(16(19)22)15(21)11-4-2-1-3-5-11/h1-9,14,20H,10H2/t14-/m1/s1. The van der Waals surface area contributed by atoms with E-state index in [1.165, 1.54) is 4.90 Å². The zero-order valence-electron chi connectivity index (χ0n) is 11.5. The monoisotopic (exact) mass is 376 g/mol. The molecule has 2 aromatic rings. The SMILES string of the molecule is O=C(c1ccccc1)N1C[C@@H](O)N(c2ccc(Br)cc2)C1=S. The molecule has 1 N–H and O–H groups in total. The lowest BCUT2D eigenvalue weighted by Gasteiger charge is -2.22. The molecule has 1 heterocycles. The summed E-state index contributed by atoms with van der Waals surface area (Å²) in [7, 11) is 0. The van der Waals surface area contributed by atoms with Gasteiger partial charge < -0.3 is 5.11 Å². The van der Waals surface area contributed by atoms with E-state index in [-0.39, 0.29) is 12.5 Å². The second-order valence-corrected chi connectivity index (χ2v) is 6.17. The van der Waals surface area contributed by atoms with Crippen molar-refractivity contribution in [2.24, 2.45) is 0 Å². The molecule has 1 aliphatic rings. The predicted octanol–water partition coefficient (Wildman–Crippen LogP) is 3.01. The highest BCUT2D eigenvalue weighted by atomic mass is 79.9. The summed E-state index contributed by atoms with van der Waals surface area (Å²) in [6, 6.07) is 16.3. The summed E-state index contributed by atoms with van der Waals surface area (Å²) >= 11 is 8.76. The van der Waals surface area contributed by atoms with E-state index >= 15 is 0 Å². The van der Waals surface area contributed by atoms with Crippen molar-refractivity contribution in [2.45, 2.75) is 6.23 Å². The minimum atomic E-state index is -0.846. The van der Waals surface area contributed by atoms with Gasteiger partial charge in [-0.25, -0.2) is 0 Å². The van der Waals surface area contributed by atoms with Gasteiger partial charge in [0, 0.05) is 15.7 Å². The molecule has 0 aliphatic carbocycles. The van der Waals surface area contributed by atoms with E-state index in [0.29, 0.717) is 10.7 Å². The molecule has 22 heavy (non-hydrogen) atoms. The Labute approximate surface area is 142 Å². The van der Waals surface area contributed by atoms with Crippen molar-refractivity contribution in [2.75, 3.05) is 11.4 Å². The van der Waals surface area contributed by atoms with Crippen LogP contribution in [-0.2, 0) is 0 Å². The first-order valence-electron chi connectivity index (χ1n) is 6.71. The molecule has 6 heteroatoms. The molecule has 3 rings (SSSR count). The lowest BCUT2D eigenvalue weighted by atomic mass is 10.2. The van der Waals surface area contributed by atoms with Crippen molar-refractivity contribution in [1.82, 2.24) is 4.90 Å². The van der Waals surface area contributed by atoms with Gasteiger partial charge in [0.25, 0.3) is 5.91 Å². The van der Waals surface area contributed by atoms with E-state index in [4.69, 9.17) is 12.2 Å². The summed E-state index contributed by atoms with van der Waals surface area (Å²) in [6.45, 7) is 0.155. The van der Waals surface area contributed by atoms with E-state index in [0.717, 1.165) is 10.2 Å². The lowest BCUT2D eigenvalue weighted by Crippen LogP contribution is -2.37. The van der Waals surface area contributed by atoms with E-state index in [2.05, 4.69) is 15.9 Å². The zero-order chi connectivity index (χ0) is 15.7. The van der Waals surface area contributed by atoms with Crippen LogP contribution in [0.5, 0.6) is 0 Å². The van der Waals surface area contributed by atoms with Gasteiger partial charge in [0.1, 0.15) is 0 Å². The highest BCUT2D eigenvalue weighted by Gasteiger charge is 2.37. The third kappa shape index (κ3) is 2.77. The average Bonchev–Trinajstić information content (AvgIpc) is 2.83. The fourth-order valence-corrected chi connectivity index (χ4v) is 3.02. The van der Waals surface area contributed by atoms with Gasteiger partial charge in [-0.05, 0) is 48.6 Å². The minimum absolute atomic E-state index is 0.155. The highest BCUT2D eigenvalue weighted by Crippen LogP contribution is 2.26. The van der Waals surface area contributed by atoms with Gasteiger partial charge >= 0.3 is 0 Å². The Kier molecular flexibility index (Phi) is 4.24. The Balaban J connectivity index is 1.87. The molecule has 4 nitrogen and oxygen atoms in total. The molecule has 1 aliphatic heterocycles. The molecule has 0 radical (unpaired) electrons. The molecule has 1 amide bonds. The maximum absolute atomic E-state index is 12.5. The molecule has 1 atom stereocenters. The fraction of sp³-hybridized carbons (Fsp3) is 0.125. The summed E-state index contributed by atoms with van der Waals surface area (Å²) in [5.74, 6) is -0.204. The van der Waals surface area contributed by atoms with Crippen LogP contribution >= 0.6 is 28.1 Å². The van der Waals surface area contributed by atoms with E-state index in [9.17, 15) is 9.90 Å². The number of rotatable bonds is 2. The van der Waals surface area contributed by atoms with Crippen LogP contribution < -0.4 is 4.90 Å². The van der Waals surface area contributed by atoms with E-state index in [1.807, 2.05) is 30.3 Å². The third-order valence-electron chi connectivity index (χ3n) is 3.45. The molecule has 2 aromatic carbocycles. The molecule has 0 spiro atoms. The summed E-state index contributed by atoms with van der Waals surface area (Å²) in [5, 5.41) is 10.6. The summed E-state index contributed by atoms with van der Waals surface area (Å²) in [4.78, 5) is 15.5. The maximum Gasteiger partial charge on any atom is 0.260 e. The maximum atomic E-state index is 12.5. The number of anilines is 1. The van der Waals surface area contributed by atoms with Crippen LogP contribution in [0.25, 0.3) is 0 Å². The number of hydrogen-bond donors (Lipinski definition) is 1. The van der Waals surface area contributed by atoms with Crippen LogP contribution in [0.4, 0.5) is 5.69 Å². The second-order valence-electron chi connectivity index (χ2n) is 4.89.